The highest BCUT2D eigenvalue weighted by molar-refractivity contribution is 7.86. The largest absolute Gasteiger partial charge is 0.522 e. The zero-order chi connectivity index (χ0) is 27.3. The molecule has 0 radical (unpaired) electrons. The van der Waals surface area contributed by atoms with Crippen molar-refractivity contribution in [1.29, 1.82) is 0 Å². The van der Waals surface area contributed by atoms with E-state index in [1.807, 2.05) is 0 Å². The fourth-order valence-electron chi connectivity index (χ4n) is 3.47. The first-order chi connectivity index (χ1) is 16.6. The Labute approximate surface area is 214 Å². The molecule has 0 aliphatic heterocycles. The maximum absolute atomic E-state index is 10.7. The van der Waals surface area contributed by atoms with Gasteiger partial charge in [0.1, 0.15) is 0 Å². The smallest absolute Gasteiger partial charge is 0.279 e. The molecule has 196 valence electrons. The molecular formula is C28H34F3O3PS. The van der Waals surface area contributed by atoms with E-state index in [0.29, 0.717) is 17.8 Å². The van der Waals surface area contributed by atoms with E-state index in [2.05, 4.69) is 114 Å². The summed E-state index contributed by atoms with van der Waals surface area (Å²) in [5.41, 5.74) is -1.32. The zero-order valence-corrected chi connectivity index (χ0v) is 23.1. The predicted octanol–water partition coefficient (Wildman–Crippen LogP) is 7.21. The van der Waals surface area contributed by atoms with Crippen molar-refractivity contribution >= 4 is 34.0 Å². The molecule has 0 amide bonds. The summed E-state index contributed by atoms with van der Waals surface area (Å²) in [5, 5.41) is 4.27. The summed E-state index contributed by atoms with van der Waals surface area (Å²) < 4.78 is 57.5. The van der Waals surface area contributed by atoms with Crippen LogP contribution < -0.4 is 15.9 Å². The first kappa shape index (κ1) is 30.0. The van der Waals surface area contributed by atoms with E-state index >= 15 is 0 Å². The Balaban J connectivity index is 0.000000493. The molecule has 0 unspecified atom stereocenters. The molecule has 3 aromatic rings. The first-order valence-electron chi connectivity index (χ1n) is 11.8. The van der Waals surface area contributed by atoms with Crippen molar-refractivity contribution in [3.8, 4) is 0 Å². The molecule has 0 spiro atoms. The molecule has 0 aromatic heterocycles. The summed E-state index contributed by atoms with van der Waals surface area (Å²) in [4.78, 5) is 0. The van der Waals surface area contributed by atoms with Gasteiger partial charge in [0.05, 0.1) is 0 Å². The van der Waals surface area contributed by atoms with Crippen LogP contribution in [0.25, 0.3) is 0 Å². The average molecular weight is 539 g/mol. The van der Waals surface area contributed by atoms with Crippen molar-refractivity contribution in [2.24, 2.45) is 0 Å². The number of hydrogen-bond acceptors (Lipinski definition) is 2. The van der Waals surface area contributed by atoms with Gasteiger partial charge in [0.15, 0.2) is 0 Å². The van der Waals surface area contributed by atoms with Crippen LogP contribution in [0, 0.1) is 0 Å². The van der Waals surface area contributed by atoms with Crippen LogP contribution in [0.15, 0.2) is 72.8 Å². The molecule has 0 heterocycles. The molecule has 0 fully saturated rings. The standard InChI is InChI=1S/C27H33P.CHF3O3S/c1-19(2)22-7-13-25(14-8-22)28(26-15-9-23(10-16-26)20(3)4)27-17-11-24(12-18-27)21(5)6;2-1(3,4)8(5,6)7/h7-21H,1-6H3;(H,5,6,7). The summed E-state index contributed by atoms with van der Waals surface area (Å²) >= 11 is 0. The number of halogens is 3. The van der Waals surface area contributed by atoms with E-state index in [4.69, 9.17) is 13.0 Å². The van der Waals surface area contributed by atoms with E-state index in [9.17, 15) is 13.2 Å². The number of rotatable bonds is 6. The van der Waals surface area contributed by atoms with Gasteiger partial charge in [-0.05, 0) is 58.3 Å². The lowest BCUT2D eigenvalue weighted by Gasteiger charge is -2.21. The topological polar surface area (TPSA) is 54.4 Å². The van der Waals surface area contributed by atoms with Crippen LogP contribution in [0.5, 0.6) is 0 Å². The third-order valence-electron chi connectivity index (χ3n) is 5.75. The Hall–Kier alpha value is -2.21. The molecule has 0 saturated heterocycles. The van der Waals surface area contributed by atoms with Crippen LogP contribution in [0.2, 0.25) is 0 Å². The fraction of sp³-hybridized carbons (Fsp3) is 0.357. The molecule has 0 aliphatic carbocycles. The van der Waals surface area contributed by atoms with Gasteiger partial charge in [0.2, 0.25) is 0 Å². The summed E-state index contributed by atoms with van der Waals surface area (Å²) in [6, 6.07) is 27.9. The Morgan fingerprint density at radius 3 is 0.917 bits per heavy atom. The van der Waals surface area contributed by atoms with Crippen molar-refractivity contribution in [2.75, 3.05) is 0 Å². The van der Waals surface area contributed by atoms with Crippen LogP contribution in [-0.2, 0) is 10.1 Å². The molecule has 3 rings (SSSR count). The molecule has 1 N–H and O–H groups in total. The van der Waals surface area contributed by atoms with Crippen molar-refractivity contribution < 1.29 is 26.1 Å². The second-order valence-corrected chi connectivity index (χ2v) is 13.1. The normalized spacial score (nSPS) is 12.3. The van der Waals surface area contributed by atoms with Crippen LogP contribution in [0.3, 0.4) is 0 Å². The Morgan fingerprint density at radius 1 is 0.583 bits per heavy atom. The molecule has 3 aromatic carbocycles. The highest BCUT2D eigenvalue weighted by atomic mass is 32.2. The van der Waals surface area contributed by atoms with E-state index in [1.165, 1.54) is 32.6 Å². The lowest BCUT2D eigenvalue weighted by atomic mass is 10.0. The quantitative estimate of drug-likeness (QED) is 0.205. The van der Waals surface area contributed by atoms with Crippen molar-refractivity contribution in [2.45, 2.75) is 64.8 Å². The second kappa shape index (κ2) is 12.4. The van der Waals surface area contributed by atoms with Gasteiger partial charge in [0.25, 0.3) is 0 Å². The molecule has 8 heteroatoms. The number of benzene rings is 3. The maximum atomic E-state index is 10.7. The third-order valence-corrected chi connectivity index (χ3v) is 8.77. The monoisotopic (exact) mass is 538 g/mol. The Bertz CT molecular complexity index is 1080. The molecule has 0 atom stereocenters. The lowest BCUT2D eigenvalue weighted by Crippen LogP contribution is -2.21. The molecule has 3 nitrogen and oxygen atoms in total. The summed E-state index contributed by atoms with van der Waals surface area (Å²) in [7, 11) is -6.38. The van der Waals surface area contributed by atoms with Gasteiger partial charge in [-0.25, -0.2) is 0 Å². The molecule has 0 saturated carbocycles. The van der Waals surface area contributed by atoms with Crippen LogP contribution in [0.4, 0.5) is 13.2 Å². The van der Waals surface area contributed by atoms with Gasteiger partial charge in [-0.1, -0.05) is 114 Å². The van der Waals surface area contributed by atoms with Crippen LogP contribution >= 0.6 is 7.92 Å². The fourth-order valence-corrected chi connectivity index (χ4v) is 5.71. The predicted molar refractivity (Wildman–Crippen MR) is 145 cm³/mol. The highest BCUT2D eigenvalue weighted by Crippen LogP contribution is 2.34. The second-order valence-electron chi connectivity index (χ2n) is 9.49. The molecule has 36 heavy (non-hydrogen) atoms. The minimum Gasteiger partial charge on any atom is -0.279 e. The number of hydrogen-bond donors (Lipinski definition) is 1. The lowest BCUT2D eigenvalue weighted by molar-refractivity contribution is -0.0510. The van der Waals surface area contributed by atoms with Gasteiger partial charge in [-0.3, -0.25) is 4.55 Å². The summed E-state index contributed by atoms with van der Waals surface area (Å²) in [6.07, 6.45) is 0. The minimum atomic E-state index is -5.84. The van der Waals surface area contributed by atoms with E-state index in [0.717, 1.165) is 0 Å². The average Bonchev–Trinajstić information content (AvgIpc) is 2.79. The van der Waals surface area contributed by atoms with E-state index < -0.39 is 23.5 Å². The molecular weight excluding hydrogens is 504 g/mol. The molecule has 0 bridgehead atoms. The maximum Gasteiger partial charge on any atom is 0.522 e. The van der Waals surface area contributed by atoms with Crippen molar-refractivity contribution in [3.63, 3.8) is 0 Å². The van der Waals surface area contributed by atoms with Gasteiger partial charge in [0, 0.05) is 0 Å². The van der Waals surface area contributed by atoms with E-state index in [-0.39, 0.29) is 0 Å². The third kappa shape index (κ3) is 8.16. The van der Waals surface area contributed by atoms with Crippen LogP contribution in [-0.4, -0.2) is 18.5 Å². The van der Waals surface area contributed by atoms with E-state index in [1.54, 1.807) is 0 Å². The van der Waals surface area contributed by atoms with Gasteiger partial charge in [-0.15, -0.1) is 0 Å². The van der Waals surface area contributed by atoms with Gasteiger partial charge in [-0.2, -0.15) is 21.6 Å². The SMILES string of the molecule is CC(C)c1ccc(P(c2ccc(C(C)C)cc2)c2ccc(C(C)C)cc2)cc1.O=S(=O)(O)C(F)(F)F. The Kier molecular flexibility index (Phi) is 10.3. The van der Waals surface area contributed by atoms with Crippen molar-refractivity contribution in [1.82, 2.24) is 0 Å². The number of alkyl halides is 3. The van der Waals surface area contributed by atoms with Gasteiger partial charge < -0.3 is 0 Å². The summed E-state index contributed by atoms with van der Waals surface area (Å²) in [5.74, 6) is 1.70. The molecule has 0 aliphatic rings. The minimum absolute atomic E-state index is 0.541. The van der Waals surface area contributed by atoms with Crippen molar-refractivity contribution in [3.05, 3.63) is 89.5 Å². The zero-order valence-electron chi connectivity index (χ0n) is 21.4. The Morgan fingerprint density at radius 2 is 0.778 bits per heavy atom. The summed E-state index contributed by atoms with van der Waals surface area (Å²) in [6.45, 7) is 13.5. The first-order valence-corrected chi connectivity index (χ1v) is 14.5. The van der Waals surface area contributed by atoms with Crippen LogP contribution in [0.1, 0.15) is 76.0 Å². The van der Waals surface area contributed by atoms with Gasteiger partial charge >= 0.3 is 15.6 Å². The highest BCUT2D eigenvalue weighted by Gasteiger charge is 2.44.